The molecule has 28 heavy (non-hydrogen) atoms. The molecule has 1 amide bonds. The molecule has 1 aromatic heterocycles. The maximum atomic E-state index is 13.4. The molecule has 0 radical (unpaired) electrons. The van der Waals surface area contributed by atoms with Crippen molar-refractivity contribution >= 4 is 16.7 Å². The highest BCUT2D eigenvalue weighted by atomic mass is 16.2. The maximum absolute atomic E-state index is 13.4. The molecule has 1 saturated heterocycles. The molecule has 0 bridgehead atoms. The minimum absolute atomic E-state index is 0.0867. The molecule has 5 nitrogen and oxygen atoms in total. The summed E-state index contributed by atoms with van der Waals surface area (Å²) in [4.78, 5) is 28.2. The third-order valence-corrected chi connectivity index (χ3v) is 5.40. The van der Waals surface area contributed by atoms with E-state index in [4.69, 9.17) is 0 Å². The van der Waals surface area contributed by atoms with Crippen molar-refractivity contribution in [2.24, 2.45) is 11.8 Å². The molecule has 5 heteroatoms. The second kappa shape index (κ2) is 7.58. The second-order valence-corrected chi connectivity index (χ2v) is 8.00. The van der Waals surface area contributed by atoms with E-state index >= 15 is 0 Å². The first-order valence-corrected chi connectivity index (χ1v) is 9.86. The molecule has 2 atom stereocenters. The van der Waals surface area contributed by atoms with Crippen LogP contribution < -0.4 is 5.56 Å². The number of benzene rings is 2. The predicted octanol–water partition coefficient (Wildman–Crippen LogP) is 3.56. The number of fused-ring (bicyclic) bond motifs is 1. The first-order chi connectivity index (χ1) is 13.5. The van der Waals surface area contributed by atoms with Crippen molar-refractivity contribution in [2.75, 3.05) is 13.1 Å². The summed E-state index contributed by atoms with van der Waals surface area (Å²) in [6.45, 7) is 6.17. The number of hydrogen-bond acceptors (Lipinski definition) is 3. The van der Waals surface area contributed by atoms with E-state index in [2.05, 4.69) is 18.9 Å². The molecule has 0 aliphatic carbocycles. The molecule has 3 aromatic rings. The fraction of sp³-hybridized carbons (Fsp3) is 0.348. The molecule has 1 aliphatic heterocycles. The van der Waals surface area contributed by atoms with Gasteiger partial charge in [-0.05, 0) is 29.9 Å². The molecular weight excluding hydrogens is 350 g/mol. The van der Waals surface area contributed by atoms with Gasteiger partial charge >= 0.3 is 0 Å². The first kappa shape index (κ1) is 18.4. The molecule has 0 saturated carbocycles. The van der Waals surface area contributed by atoms with E-state index in [9.17, 15) is 9.59 Å². The average molecular weight is 375 g/mol. The van der Waals surface area contributed by atoms with Gasteiger partial charge in [-0.25, -0.2) is 4.68 Å². The van der Waals surface area contributed by atoms with E-state index in [1.807, 2.05) is 53.4 Å². The van der Waals surface area contributed by atoms with Gasteiger partial charge in [-0.1, -0.05) is 62.4 Å². The topological polar surface area (TPSA) is 55.2 Å². The van der Waals surface area contributed by atoms with E-state index in [1.165, 1.54) is 4.68 Å². The maximum Gasteiger partial charge on any atom is 0.274 e. The average Bonchev–Trinajstić information content (AvgIpc) is 2.70. The molecule has 2 aromatic carbocycles. The van der Waals surface area contributed by atoms with Crippen molar-refractivity contribution in [3.63, 3.8) is 0 Å². The Kier molecular flexibility index (Phi) is 4.99. The Balaban J connectivity index is 1.80. The molecule has 0 N–H and O–H groups in total. The number of likely N-dealkylation sites (tertiary alicyclic amines) is 1. The predicted molar refractivity (Wildman–Crippen MR) is 110 cm³/mol. The van der Waals surface area contributed by atoms with Gasteiger partial charge in [-0.2, -0.15) is 5.10 Å². The fourth-order valence-corrected chi connectivity index (χ4v) is 4.24. The zero-order chi connectivity index (χ0) is 19.7. The number of aromatic nitrogens is 2. The van der Waals surface area contributed by atoms with E-state index < -0.39 is 0 Å². The van der Waals surface area contributed by atoms with Crippen molar-refractivity contribution in [3.8, 4) is 0 Å². The Morgan fingerprint density at radius 3 is 2.25 bits per heavy atom. The zero-order valence-corrected chi connectivity index (χ0v) is 16.3. The van der Waals surface area contributed by atoms with Gasteiger partial charge < -0.3 is 4.90 Å². The van der Waals surface area contributed by atoms with Crippen molar-refractivity contribution in [1.82, 2.24) is 14.7 Å². The van der Waals surface area contributed by atoms with Gasteiger partial charge in [0.2, 0.25) is 0 Å². The minimum atomic E-state index is -0.170. The summed E-state index contributed by atoms with van der Waals surface area (Å²) < 4.78 is 1.42. The van der Waals surface area contributed by atoms with Crippen molar-refractivity contribution in [1.29, 1.82) is 0 Å². The van der Waals surface area contributed by atoms with Crippen molar-refractivity contribution in [3.05, 3.63) is 76.2 Å². The van der Waals surface area contributed by atoms with Gasteiger partial charge in [0.15, 0.2) is 5.69 Å². The summed E-state index contributed by atoms with van der Waals surface area (Å²) in [5.41, 5.74) is 1.18. The molecule has 1 aliphatic rings. The number of carbonyl (C=O) groups is 1. The lowest BCUT2D eigenvalue weighted by Gasteiger charge is -2.35. The minimum Gasteiger partial charge on any atom is -0.337 e. The number of carbonyl (C=O) groups excluding carboxylic acids is 1. The summed E-state index contributed by atoms with van der Waals surface area (Å²) in [5, 5.41) is 5.70. The zero-order valence-electron chi connectivity index (χ0n) is 16.3. The lowest BCUT2D eigenvalue weighted by Crippen LogP contribution is -2.43. The quantitative estimate of drug-likeness (QED) is 0.703. The molecule has 4 rings (SSSR count). The number of nitrogens with zero attached hydrogens (tertiary/aromatic N) is 3. The summed E-state index contributed by atoms with van der Waals surface area (Å²) in [6.07, 6.45) is 1.13. The highest BCUT2D eigenvalue weighted by molar-refractivity contribution is 6.04. The number of amides is 1. The monoisotopic (exact) mass is 375 g/mol. The normalized spacial score (nSPS) is 19.7. The first-order valence-electron chi connectivity index (χ1n) is 9.86. The summed E-state index contributed by atoms with van der Waals surface area (Å²) in [6, 6.07) is 17.0. The van der Waals surface area contributed by atoms with Gasteiger partial charge in [0.1, 0.15) is 0 Å². The summed E-state index contributed by atoms with van der Waals surface area (Å²) in [5.74, 6) is 0.847. The van der Waals surface area contributed by atoms with Gasteiger partial charge in [0, 0.05) is 18.5 Å². The Morgan fingerprint density at radius 1 is 0.964 bits per heavy atom. The van der Waals surface area contributed by atoms with Crippen LogP contribution in [-0.4, -0.2) is 33.7 Å². The summed E-state index contributed by atoms with van der Waals surface area (Å²) >= 11 is 0. The third kappa shape index (κ3) is 3.57. The van der Waals surface area contributed by atoms with Crippen LogP contribution in [0.3, 0.4) is 0 Å². The largest absolute Gasteiger partial charge is 0.337 e. The second-order valence-electron chi connectivity index (χ2n) is 8.00. The van der Waals surface area contributed by atoms with Crippen molar-refractivity contribution < 1.29 is 4.79 Å². The highest BCUT2D eigenvalue weighted by Crippen LogP contribution is 2.24. The lowest BCUT2D eigenvalue weighted by molar-refractivity contribution is 0.0617. The number of rotatable bonds is 3. The van der Waals surface area contributed by atoms with Gasteiger partial charge in [-0.3, -0.25) is 9.59 Å². The lowest BCUT2D eigenvalue weighted by atomic mass is 9.91. The fourth-order valence-electron chi connectivity index (χ4n) is 4.24. The highest BCUT2D eigenvalue weighted by Gasteiger charge is 2.28. The Bertz CT molecular complexity index is 1050. The van der Waals surface area contributed by atoms with Crippen LogP contribution in [0, 0.1) is 11.8 Å². The standard InChI is InChI=1S/C23H25N3O2/c1-16-12-17(2)14-25(13-16)23(28)21-19-10-6-7-11-20(19)22(27)26(24-21)15-18-8-4-3-5-9-18/h3-11,16-17H,12-15H2,1-2H3/t16-,17+. The third-order valence-electron chi connectivity index (χ3n) is 5.40. The summed E-state index contributed by atoms with van der Waals surface area (Å²) in [7, 11) is 0. The molecule has 144 valence electrons. The van der Waals surface area contributed by atoms with E-state index in [-0.39, 0.29) is 11.5 Å². The number of piperidine rings is 1. The van der Waals surface area contributed by atoms with Gasteiger partial charge in [0.05, 0.1) is 11.9 Å². The van der Waals surface area contributed by atoms with E-state index in [0.29, 0.717) is 34.8 Å². The van der Waals surface area contributed by atoms with Gasteiger partial charge in [0.25, 0.3) is 11.5 Å². The van der Waals surface area contributed by atoms with Crippen LogP contribution in [0.15, 0.2) is 59.4 Å². The molecule has 1 fully saturated rings. The molecule has 0 spiro atoms. The molecular formula is C23H25N3O2. The van der Waals surface area contributed by atoms with Crippen LogP contribution in [0.25, 0.3) is 10.8 Å². The Hall–Kier alpha value is -2.95. The van der Waals surface area contributed by atoms with Crippen LogP contribution >= 0.6 is 0 Å². The Morgan fingerprint density at radius 2 is 1.57 bits per heavy atom. The smallest absolute Gasteiger partial charge is 0.274 e. The van der Waals surface area contributed by atoms with Gasteiger partial charge in [-0.15, -0.1) is 0 Å². The Labute approximate surface area is 164 Å². The van der Waals surface area contributed by atoms with Crippen LogP contribution in [-0.2, 0) is 6.54 Å². The van der Waals surface area contributed by atoms with Crippen LogP contribution in [0.4, 0.5) is 0 Å². The SMILES string of the molecule is C[C@@H]1C[C@H](C)CN(C(=O)c2nn(Cc3ccccc3)c(=O)c3ccccc23)C1. The number of hydrogen-bond donors (Lipinski definition) is 0. The molecule has 0 unspecified atom stereocenters. The van der Waals surface area contributed by atoms with Crippen LogP contribution in [0.1, 0.15) is 36.3 Å². The van der Waals surface area contributed by atoms with E-state index in [1.54, 1.807) is 6.07 Å². The van der Waals surface area contributed by atoms with Crippen LogP contribution in [0.5, 0.6) is 0 Å². The van der Waals surface area contributed by atoms with E-state index in [0.717, 1.165) is 25.1 Å². The van der Waals surface area contributed by atoms with Crippen LogP contribution in [0.2, 0.25) is 0 Å². The van der Waals surface area contributed by atoms with Crippen molar-refractivity contribution in [2.45, 2.75) is 26.8 Å². The molecule has 2 heterocycles.